The third kappa shape index (κ3) is 3.92. The Morgan fingerprint density at radius 3 is 2.79 bits per heavy atom. The molecule has 1 N–H and O–H groups in total. The molecule has 0 bridgehead atoms. The van der Waals surface area contributed by atoms with Crippen LogP contribution in [0.5, 0.6) is 5.75 Å². The minimum atomic E-state index is -0.816. The first-order chi connectivity index (χ1) is 8.96. The van der Waals surface area contributed by atoms with Gasteiger partial charge in [-0.25, -0.2) is 4.39 Å². The molecule has 1 atom stereocenters. The number of amides is 1. The number of β-amino-alcohol motifs (C(OH)–C–C–N with tert-alkyl or cyclic N) is 1. The first-order valence-electron chi connectivity index (χ1n) is 6.35. The van der Waals surface area contributed by atoms with Crippen molar-refractivity contribution in [3.05, 3.63) is 30.1 Å². The summed E-state index contributed by atoms with van der Waals surface area (Å²) in [5, 5.41) is 9.93. The fraction of sp³-hybridized carbons (Fsp3) is 0.500. The molecule has 0 radical (unpaired) electrons. The molecule has 1 aromatic carbocycles. The van der Waals surface area contributed by atoms with E-state index in [1.54, 1.807) is 11.8 Å². The number of hydrogen-bond acceptors (Lipinski definition) is 3. The molecule has 0 aliphatic carbocycles. The predicted octanol–water partition coefficient (Wildman–Crippen LogP) is 1.58. The van der Waals surface area contributed by atoms with Gasteiger partial charge in [0.1, 0.15) is 11.6 Å². The van der Waals surface area contributed by atoms with Crippen molar-refractivity contribution in [2.45, 2.75) is 25.4 Å². The summed E-state index contributed by atoms with van der Waals surface area (Å²) in [5.74, 6) is -0.0476. The van der Waals surface area contributed by atoms with Crippen molar-refractivity contribution < 1.29 is 19.0 Å². The highest BCUT2D eigenvalue weighted by atomic mass is 19.1. The van der Waals surface area contributed by atoms with Crippen LogP contribution in [0.3, 0.4) is 0 Å². The second kappa shape index (κ2) is 5.57. The van der Waals surface area contributed by atoms with E-state index in [1.807, 2.05) is 0 Å². The van der Waals surface area contributed by atoms with Crippen LogP contribution in [0.2, 0.25) is 0 Å². The molecule has 1 saturated heterocycles. The van der Waals surface area contributed by atoms with E-state index in [9.17, 15) is 14.3 Å². The summed E-state index contributed by atoms with van der Waals surface area (Å²) in [6.07, 6.45) is 1.49. The average molecular weight is 267 g/mol. The summed E-state index contributed by atoms with van der Waals surface area (Å²) >= 11 is 0. The number of ether oxygens (including phenoxy) is 1. The Morgan fingerprint density at radius 1 is 1.47 bits per heavy atom. The van der Waals surface area contributed by atoms with Gasteiger partial charge in [0.25, 0.3) is 5.91 Å². The SMILES string of the molecule is CC1(O)CCCN(C(=O)COc2ccc(F)cc2)C1. The van der Waals surface area contributed by atoms with Crippen LogP contribution in [0.25, 0.3) is 0 Å². The predicted molar refractivity (Wildman–Crippen MR) is 68.3 cm³/mol. The summed E-state index contributed by atoms with van der Waals surface area (Å²) in [6.45, 7) is 2.61. The van der Waals surface area contributed by atoms with Crippen LogP contribution in [-0.2, 0) is 4.79 Å². The molecule has 1 aliphatic rings. The van der Waals surface area contributed by atoms with E-state index in [-0.39, 0.29) is 18.3 Å². The van der Waals surface area contributed by atoms with Crippen LogP contribution < -0.4 is 4.74 Å². The van der Waals surface area contributed by atoms with Crippen molar-refractivity contribution in [2.75, 3.05) is 19.7 Å². The van der Waals surface area contributed by atoms with E-state index in [4.69, 9.17) is 4.74 Å². The lowest BCUT2D eigenvalue weighted by Gasteiger charge is -2.36. The Hall–Kier alpha value is -1.62. The summed E-state index contributed by atoms with van der Waals surface area (Å²) in [7, 11) is 0. The Balaban J connectivity index is 1.85. The van der Waals surface area contributed by atoms with Gasteiger partial charge in [0.2, 0.25) is 0 Å². The average Bonchev–Trinajstić information content (AvgIpc) is 2.36. The van der Waals surface area contributed by atoms with Crippen LogP contribution in [0.15, 0.2) is 24.3 Å². The largest absolute Gasteiger partial charge is 0.484 e. The van der Waals surface area contributed by atoms with Crippen LogP contribution in [0.4, 0.5) is 4.39 Å². The fourth-order valence-electron chi connectivity index (χ4n) is 2.20. The van der Waals surface area contributed by atoms with Gasteiger partial charge in [-0.05, 0) is 44.0 Å². The minimum Gasteiger partial charge on any atom is -0.484 e. The highest BCUT2D eigenvalue weighted by molar-refractivity contribution is 5.78. The summed E-state index contributed by atoms with van der Waals surface area (Å²) in [6, 6.07) is 5.53. The zero-order valence-electron chi connectivity index (χ0n) is 10.9. The van der Waals surface area contributed by atoms with Gasteiger partial charge in [-0.15, -0.1) is 0 Å². The van der Waals surface area contributed by atoms with Crippen molar-refractivity contribution in [2.24, 2.45) is 0 Å². The number of piperidine rings is 1. The summed E-state index contributed by atoms with van der Waals surface area (Å²) in [4.78, 5) is 13.5. The first kappa shape index (κ1) is 13.8. The molecule has 4 nitrogen and oxygen atoms in total. The smallest absolute Gasteiger partial charge is 0.260 e. The molecule has 1 fully saturated rings. The molecule has 1 amide bonds. The van der Waals surface area contributed by atoms with Gasteiger partial charge < -0.3 is 14.7 Å². The highest BCUT2D eigenvalue weighted by Gasteiger charge is 2.30. The number of nitrogens with zero attached hydrogens (tertiary/aromatic N) is 1. The van der Waals surface area contributed by atoms with Gasteiger partial charge >= 0.3 is 0 Å². The third-order valence-corrected chi connectivity index (χ3v) is 3.20. The monoisotopic (exact) mass is 267 g/mol. The van der Waals surface area contributed by atoms with Crippen LogP contribution >= 0.6 is 0 Å². The van der Waals surface area contributed by atoms with Crippen LogP contribution in [0.1, 0.15) is 19.8 Å². The number of rotatable bonds is 3. The number of likely N-dealkylation sites (tertiary alicyclic amines) is 1. The number of halogens is 1. The lowest BCUT2D eigenvalue weighted by Crippen LogP contribution is -2.49. The fourth-order valence-corrected chi connectivity index (χ4v) is 2.20. The van der Waals surface area contributed by atoms with Crippen molar-refractivity contribution in [3.63, 3.8) is 0 Å². The molecule has 5 heteroatoms. The molecule has 1 heterocycles. The number of hydrogen-bond donors (Lipinski definition) is 1. The minimum absolute atomic E-state index is 0.0955. The standard InChI is InChI=1S/C14H18FNO3/c1-14(18)7-2-8-16(10-14)13(17)9-19-12-5-3-11(15)4-6-12/h3-6,18H,2,7-10H2,1H3. The Morgan fingerprint density at radius 2 is 2.16 bits per heavy atom. The zero-order chi connectivity index (χ0) is 13.9. The van der Waals surface area contributed by atoms with E-state index < -0.39 is 5.60 Å². The van der Waals surface area contributed by atoms with Crippen LogP contribution in [0, 0.1) is 5.82 Å². The topological polar surface area (TPSA) is 49.8 Å². The van der Waals surface area contributed by atoms with E-state index >= 15 is 0 Å². The van der Waals surface area contributed by atoms with Crippen molar-refractivity contribution >= 4 is 5.91 Å². The lowest BCUT2D eigenvalue weighted by molar-refractivity contribution is -0.139. The Bertz CT molecular complexity index is 445. The molecular weight excluding hydrogens is 249 g/mol. The molecular formula is C14H18FNO3. The normalized spacial score (nSPS) is 23.2. The maximum atomic E-state index is 12.7. The van der Waals surface area contributed by atoms with Crippen LogP contribution in [-0.4, -0.2) is 41.2 Å². The Kier molecular flexibility index (Phi) is 4.04. The lowest BCUT2D eigenvalue weighted by atomic mass is 9.95. The van der Waals surface area contributed by atoms with Gasteiger partial charge in [0.15, 0.2) is 6.61 Å². The van der Waals surface area contributed by atoms with E-state index in [1.165, 1.54) is 24.3 Å². The number of carbonyl (C=O) groups is 1. The van der Waals surface area contributed by atoms with Crippen molar-refractivity contribution in [1.82, 2.24) is 4.90 Å². The van der Waals surface area contributed by atoms with Crippen molar-refractivity contribution in [3.8, 4) is 5.75 Å². The quantitative estimate of drug-likeness (QED) is 0.904. The second-order valence-electron chi connectivity index (χ2n) is 5.16. The third-order valence-electron chi connectivity index (χ3n) is 3.20. The highest BCUT2D eigenvalue weighted by Crippen LogP contribution is 2.20. The van der Waals surface area contributed by atoms with E-state index in [0.29, 0.717) is 25.3 Å². The van der Waals surface area contributed by atoms with Gasteiger partial charge in [-0.2, -0.15) is 0 Å². The molecule has 1 unspecified atom stereocenters. The number of benzene rings is 1. The molecule has 1 aliphatic heterocycles. The van der Waals surface area contributed by atoms with Gasteiger partial charge in [-0.1, -0.05) is 0 Å². The molecule has 1 aromatic rings. The summed E-state index contributed by atoms with van der Waals surface area (Å²) < 4.78 is 18.0. The number of carbonyl (C=O) groups excluding carboxylic acids is 1. The molecule has 0 spiro atoms. The van der Waals surface area contributed by atoms with E-state index in [2.05, 4.69) is 0 Å². The maximum Gasteiger partial charge on any atom is 0.260 e. The van der Waals surface area contributed by atoms with Gasteiger partial charge in [-0.3, -0.25) is 4.79 Å². The molecule has 2 rings (SSSR count). The van der Waals surface area contributed by atoms with Gasteiger partial charge in [0.05, 0.1) is 5.60 Å². The first-order valence-corrected chi connectivity index (χ1v) is 6.35. The molecule has 0 aromatic heterocycles. The Labute approximate surface area is 111 Å². The molecule has 19 heavy (non-hydrogen) atoms. The van der Waals surface area contributed by atoms with E-state index in [0.717, 1.165) is 6.42 Å². The zero-order valence-corrected chi connectivity index (χ0v) is 10.9. The number of aliphatic hydroxyl groups is 1. The van der Waals surface area contributed by atoms with Gasteiger partial charge in [0, 0.05) is 13.1 Å². The maximum absolute atomic E-state index is 12.7. The summed E-state index contributed by atoms with van der Waals surface area (Å²) in [5.41, 5.74) is -0.816. The second-order valence-corrected chi connectivity index (χ2v) is 5.16. The molecule has 0 saturated carbocycles. The van der Waals surface area contributed by atoms with Crippen molar-refractivity contribution in [1.29, 1.82) is 0 Å². The molecule has 104 valence electrons.